The smallest absolute Gasteiger partial charge is 0.251 e. The van der Waals surface area contributed by atoms with Crippen LogP contribution in [0.4, 0.5) is 5.69 Å². The van der Waals surface area contributed by atoms with Crippen LogP contribution >= 0.6 is 0 Å². The number of nitrogens with one attached hydrogen (secondary N) is 3. The molecule has 0 saturated heterocycles. The van der Waals surface area contributed by atoms with Crippen LogP contribution in [0.1, 0.15) is 57.3 Å². The topological polar surface area (TPSA) is 104 Å². The molecular weight excluding hydrogens is 354 g/mol. The van der Waals surface area contributed by atoms with Crippen molar-refractivity contribution in [2.45, 2.75) is 58.2 Å². The molecule has 2 amide bonds. The SMILES string of the molecule is CC(C)NC(=O)c1cccc(NC(=O)CCCCNS(=O)(=O)C(C)C)c1. The number of carbonyl (C=O) groups is 2. The van der Waals surface area contributed by atoms with Crippen LogP contribution in [0.3, 0.4) is 0 Å². The Bertz CT molecular complexity index is 715. The summed E-state index contributed by atoms with van der Waals surface area (Å²) in [5, 5.41) is 5.09. The second-order valence-corrected chi connectivity index (χ2v) is 9.02. The van der Waals surface area contributed by atoms with Crippen LogP contribution in [-0.4, -0.2) is 38.1 Å². The highest BCUT2D eigenvalue weighted by molar-refractivity contribution is 7.90. The minimum Gasteiger partial charge on any atom is -0.350 e. The number of hydrogen-bond donors (Lipinski definition) is 3. The molecule has 3 N–H and O–H groups in total. The van der Waals surface area contributed by atoms with Gasteiger partial charge in [-0.25, -0.2) is 13.1 Å². The van der Waals surface area contributed by atoms with E-state index in [0.29, 0.717) is 30.6 Å². The van der Waals surface area contributed by atoms with Crippen LogP contribution in [0.25, 0.3) is 0 Å². The van der Waals surface area contributed by atoms with Crippen LogP contribution in [0.5, 0.6) is 0 Å². The van der Waals surface area contributed by atoms with Gasteiger partial charge in [0.2, 0.25) is 15.9 Å². The number of unbranched alkanes of at least 4 members (excludes halogenated alkanes) is 1. The largest absolute Gasteiger partial charge is 0.350 e. The van der Waals surface area contributed by atoms with E-state index in [9.17, 15) is 18.0 Å². The highest BCUT2D eigenvalue weighted by atomic mass is 32.2. The van der Waals surface area contributed by atoms with E-state index >= 15 is 0 Å². The molecule has 0 radical (unpaired) electrons. The Morgan fingerprint density at radius 1 is 1.08 bits per heavy atom. The molecule has 1 aromatic carbocycles. The quantitative estimate of drug-likeness (QED) is 0.539. The Hall–Kier alpha value is -1.93. The van der Waals surface area contributed by atoms with E-state index in [-0.39, 0.29) is 24.3 Å². The van der Waals surface area contributed by atoms with E-state index in [1.54, 1.807) is 38.1 Å². The van der Waals surface area contributed by atoms with Gasteiger partial charge in [0.15, 0.2) is 0 Å². The van der Waals surface area contributed by atoms with E-state index in [2.05, 4.69) is 15.4 Å². The fourth-order valence-electron chi connectivity index (χ4n) is 2.10. The monoisotopic (exact) mass is 383 g/mol. The normalized spacial score (nSPS) is 11.6. The lowest BCUT2D eigenvalue weighted by Gasteiger charge is -2.11. The van der Waals surface area contributed by atoms with E-state index in [1.807, 2.05) is 13.8 Å². The number of hydrogen-bond acceptors (Lipinski definition) is 4. The first kappa shape index (κ1) is 22.1. The number of benzene rings is 1. The van der Waals surface area contributed by atoms with Crippen molar-refractivity contribution in [3.8, 4) is 0 Å². The van der Waals surface area contributed by atoms with Gasteiger partial charge in [0.1, 0.15) is 0 Å². The second kappa shape index (κ2) is 10.3. The average molecular weight is 384 g/mol. The van der Waals surface area contributed by atoms with Gasteiger partial charge in [-0.05, 0) is 58.7 Å². The Kier molecular flexibility index (Phi) is 8.74. The summed E-state index contributed by atoms with van der Waals surface area (Å²) in [7, 11) is -3.26. The van der Waals surface area contributed by atoms with Crippen molar-refractivity contribution in [1.29, 1.82) is 0 Å². The maximum atomic E-state index is 12.0. The maximum Gasteiger partial charge on any atom is 0.251 e. The number of carbonyl (C=O) groups excluding carboxylic acids is 2. The molecular formula is C18H29N3O4S. The Labute approximate surface area is 156 Å². The van der Waals surface area contributed by atoms with Crippen molar-refractivity contribution in [2.75, 3.05) is 11.9 Å². The molecule has 146 valence electrons. The summed E-state index contributed by atoms with van der Waals surface area (Å²) in [6.45, 7) is 7.31. The summed E-state index contributed by atoms with van der Waals surface area (Å²) in [5.41, 5.74) is 1.05. The molecule has 26 heavy (non-hydrogen) atoms. The molecule has 0 bridgehead atoms. The van der Waals surface area contributed by atoms with Crippen LogP contribution in [-0.2, 0) is 14.8 Å². The van der Waals surface area contributed by atoms with E-state index < -0.39 is 15.3 Å². The molecule has 1 rings (SSSR count). The summed E-state index contributed by atoms with van der Waals surface area (Å²) in [6, 6.07) is 6.79. The Morgan fingerprint density at radius 2 is 1.77 bits per heavy atom. The van der Waals surface area contributed by atoms with Gasteiger partial charge in [-0.3, -0.25) is 9.59 Å². The first-order valence-electron chi connectivity index (χ1n) is 8.81. The lowest BCUT2D eigenvalue weighted by molar-refractivity contribution is -0.116. The molecule has 0 fully saturated rings. The summed E-state index contributed by atoms with van der Waals surface area (Å²) < 4.78 is 25.7. The predicted octanol–water partition coefficient (Wildman–Crippen LogP) is 2.26. The van der Waals surface area contributed by atoms with Gasteiger partial charge in [-0.15, -0.1) is 0 Å². The zero-order valence-corrected chi connectivity index (χ0v) is 16.7. The average Bonchev–Trinajstić information content (AvgIpc) is 2.53. The predicted molar refractivity (Wildman–Crippen MR) is 104 cm³/mol. The number of amides is 2. The molecule has 0 saturated carbocycles. The molecule has 0 atom stereocenters. The van der Waals surface area contributed by atoms with Crippen molar-refractivity contribution < 1.29 is 18.0 Å². The lowest BCUT2D eigenvalue weighted by atomic mass is 10.1. The van der Waals surface area contributed by atoms with Crippen LogP contribution in [0.15, 0.2) is 24.3 Å². The molecule has 0 aromatic heterocycles. The molecule has 1 aromatic rings. The second-order valence-electron chi connectivity index (χ2n) is 6.70. The Morgan fingerprint density at radius 3 is 2.38 bits per heavy atom. The number of anilines is 1. The summed E-state index contributed by atoms with van der Waals surface area (Å²) in [4.78, 5) is 24.0. The molecule has 0 heterocycles. The summed E-state index contributed by atoms with van der Waals surface area (Å²) in [5.74, 6) is -0.355. The molecule has 0 aliphatic rings. The van der Waals surface area contributed by atoms with Crippen LogP contribution in [0, 0.1) is 0 Å². The van der Waals surface area contributed by atoms with Gasteiger partial charge in [0.05, 0.1) is 5.25 Å². The fraction of sp³-hybridized carbons (Fsp3) is 0.556. The zero-order valence-electron chi connectivity index (χ0n) is 15.8. The highest BCUT2D eigenvalue weighted by Crippen LogP contribution is 2.12. The minimum atomic E-state index is -3.26. The lowest BCUT2D eigenvalue weighted by Crippen LogP contribution is -2.31. The van der Waals surface area contributed by atoms with Gasteiger partial charge >= 0.3 is 0 Å². The van der Waals surface area contributed by atoms with Gasteiger partial charge < -0.3 is 10.6 Å². The van der Waals surface area contributed by atoms with Crippen molar-refractivity contribution in [3.63, 3.8) is 0 Å². The van der Waals surface area contributed by atoms with Crippen LogP contribution in [0.2, 0.25) is 0 Å². The zero-order chi connectivity index (χ0) is 19.7. The molecule has 0 aliphatic carbocycles. The van der Waals surface area contributed by atoms with E-state index in [1.165, 1.54) is 0 Å². The fourth-order valence-corrected chi connectivity index (χ4v) is 2.86. The van der Waals surface area contributed by atoms with E-state index in [4.69, 9.17) is 0 Å². The standard InChI is InChI=1S/C18H29N3O4S/c1-13(2)20-18(23)15-8-7-9-16(12-15)21-17(22)10-5-6-11-19-26(24,25)14(3)4/h7-9,12-14,19H,5-6,10-11H2,1-4H3,(H,20,23)(H,21,22). The van der Waals surface area contributed by atoms with Gasteiger partial charge in [-0.2, -0.15) is 0 Å². The minimum absolute atomic E-state index is 0.0360. The third-order valence-electron chi connectivity index (χ3n) is 3.58. The van der Waals surface area contributed by atoms with Crippen LogP contribution < -0.4 is 15.4 Å². The van der Waals surface area contributed by atoms with Crippen molar-refractivity contribution in [1.82, 2.24) is 10.0 Å². The molecule has 8 heteroatoms. The third-order valence-corrected chi connectivity index (χ3v) is 5.43. The summed E-state index contributed by atoms with van der Waals surface area (Å²) in [6.07, 6.45) is 1.43. The third kappa shape index (κ3) is 7.97. The Balaban J connectivity index is 2.41. The van der Waals surface area contributed by atoms with Gasteiger partial charge in [-0.1, -0.05) is 6.07 Å². The first-order valence-corrected chi connectivity index (χ1v) is 10.4. The van der Waals surface area contributed by atoms with E-state index in [0.717, 1.165) is 0 Å². The molecule has 0 aliphatic heterocycles. The van der Waals surface area contributed by atoms with Crippen molar-refractivity contribution in [3.05, 3.63) is 29.8 Å². The number of rotatable bonds is 10. The van der Waals surface area contributed by atoms with Gasteiger partial charge in [0.25, 0.3) is 5.91 Å². The molecule has 7 nitrogen and oxygen atoms in total. The highest BCUT2D eigenvalue weighted by Gasteiger charge is 2.14. The van der Waals surface area contributed by atoms with Crippen molar-refractivity contribution >= 4 is 27.5 Å². The maximum absolute atomic E-state index is 12.0. The van der Waals surface area contributed by atoms with Gasteiger partial charge in [0, 0.05) is 30.3 Å². The number of sulfonamides is 1. The summed E-state index contributed by atoms with van der Waals surface area (Å²) >= 11 is 0. The first-order chi connectivity index (χ1) is 12.1. The molecule has 0 spiro atoms. The van der Waals surface area contributed by atoms with Crippen molar-refractivity contribution in [2.24, 2.45) is 0 Å². The molecule has 0 unspecified atom stereocenters.